The van der Waals surface area contributed by atoms with Crippen molar-refractivity contribution in [3.05, 3.63) is 44.7 Å². The number of carboxylic acid groups (broad SMARTS) is 2. The van der Waals surface area contributed by atoms with Crippen molar-refractivity contribution in [3.8, 4) is 0 Å². The zero-order chi connectivity index (χ0) is 53.7. The van der Waals surface area contributed by atoms with Crippen LogP contribution in [-0.4, -0.2) is 227 Å². The molecule has 0 aliphatic carbocycles. The quantitative estimate of drug-likeness (QED) is 0.0332. The van der Waals surface area contributed by atoms with Gasteiger partial charge in [-0.2, -0.15) is 0 Å². The van der Waals surface area contributed by atoms with Gasteiger partial charge in [-0.05, 0) is 162 Å². The number of carbonyl (C=O) groups is 4. The summed E-state index contributed by atoms with van der Waals surface area (Å²) < 4.78 is 25.4. The molecule has 30 heteroatoms. The Morgan fingerprint density at radius 1 is 0.471 bits per heavy atom. The lowest BCUT2D eigenvalue weighted by molar-refractivity contribution is -0.118. The molecular formula is C40H60I6N4O20. The van der Waals surface area contributed by atoms with Crippen LogP contribution in [0.25, 0.3) is 0 Å². The van der Waals surface area contributed by atoms with E-state index in [4.69, 9.17) is 59.8 Å². The maximum atomic E-state index is 12.3. The Labute approximate surface area is 485 Å². The van der Waals surface area contributed by atoms with Crippen LogP contribution in [-0.2, 0) is 28.5 Å². The van der Waals surface area contributed by atoms with E-state index in [1.54, 1.807) is 26.2 Å². The predicted octanol–water partition coefficient (Wildman–Crippen LogP) is -0.582. The number of benzene rings is 2. The molecule has 0 fully saturated rings. The topological polar surface area (TPSA) is 396 Å². The fourth-order valence-corrected chi connectivity index (χ4v) is 13.3. The van der Waals surface area contributed by atoms with Crippen LogP contribution in [0.1, 0.15) is 33.6 Å². The Hall–Kier alpha value is 0.0600. The lowest BCUT2D eigenvalue weighted by Crippen LogP contribution is -2.48. The molecule has 0 radical (unpaired) electrons. The number of aliphatic hydroxyl groups is 10. The normalized spacial score (nSPS) is 14.6. The minimum Gasteiger partial charge on any atom is -0.478 e. The molecule has 0 unspecified atom stereocenters. The van der Waals surface area contributed by atoms with Gasteiger partial charge >= 0.3 is 11.9 Å². The molecule has 0 saturated carbocycles. The fourth-order valence-electron chi connectivity index (χ4n) is 5.08. The summed E-state index contributed by atoms with van der Waals surface area (Å²) in [5.41, 5.74) is 1.28. The molecule has 2 aromatic carbocycles. The van der Waals surface area contributed by atoms with Gasteiger partial charge in [0.2, 0.25) is 11.8 Å². The highest BCUT2D eigenvalue weighted by atomic mass is 127. The summed E-state index contributed by atoms with van der Waals surface area (Å²) in [5, 5.41) is 119. The molecule has 2 rings (SSSR count). The Bertz CT molecular complexity index is 1770. The van der Waals surface area contributed by atoms with Crippen LogP contribution in [0.2, 0.25) is 0 Å². The number of amides is 2. The number of hydrogen-bond donors (Lipinski definition) is 16. The van der Waals surface area contributed by atoms with Crippen molar-refractivity contribution in [2.45, 2.75) is 61.7 Å². The number of hydrogen-bond acceptors (Lipinski definition) is 20. The van der Waals surface area contributed by atoms with E-state index in [0.717, 1.165) is 7.14 Å². The molecule has 0 aliphatic rings. The lowest BCUT2D eigenvalue weighted by atomic mass is 10.0. The Balaban J connectivity index is 0.00000148. The van der Waals surface area contributed by atoms with Crippen LogP contribution in [0.3, 0.4) is 0 Å². The number of carboxylic acids is 2. The third kappa shape index (κ3) is 26.7. The smallest absolute Gasteiger partial charge is 0.337 e. The number of nitrogens with one attached hydrogen (secondary N) is 4. The van der Waals surface area contributed by atoms with Crippen LogP contribution in [0.15, 0.2) is 12.1 Å². The van der Waals surface area contributed by atoms with Crippen LogP contribution >= 0.6 is 136 Å². The van der Waals surface area contributed by atoms with E-state index in [1.807, 2.05) is 90.4 Å². The number of rotatable bonds is 31. The summed E-state index contributed by atoms with van der Waals surface area (Å²) in [6, 6.07) is 3.42. The maximum absolute atomic E-state index is 12.3. The number of anilines is 2. The van der Waals surface area contributed by atoms with Crippen LogP contribution in [0.5, 0.6) is 0 Å². The van der Waals surface area contributed by atoms with Crippen LogP contribution in [0, 0.1) is 21.4 Å². The van der Waals surface area contributed by atoms with Crippen molar-refractivity contribution >= 4 is 171 Å². The molecule has 402 valence electrons. The second kappa shape index (κ2) is 39.4. The summed E-state index contributed by atoms with van der Waals surface area (Å²) >= 11 is 11.9. The van der Waals surface area contributed by atoms with E-state index >= 15 is 0 Å². The molecule has 0 aromatic heterocycles. The van der Waals surface area contributed by atoms with Gasteiger partial charge in [-0.1, -0.05) is 0 Å². The molecule has 0 spiro atoms. The van der Waals surface area contributed by atoms with Crippen LogP contribution < -0.4 is 21.3 Å². The van der Waals surface area contributed by atoms with E-state index < -0.39 is 74.0 Å². The van der Waals surface area contributed by atoms with E-state index in [-0.39, 0.29) is 62.1 Å². The zero-order valence-electron chi connectivity index (χ0n) is 37.6. The largest absolute Gasteiger partial charge is 0.478 e. The minimum atomic E-state index is -1.55. The fraction of sp³-hybridized carbons (Fsp3) is 0.600. The molecule has 70 heavy (non-hydrogen) atoms. The van der Waals surface area contributed by atoms with E-state index in [0.29, 0.717) is 65.3 Å². The first-order valence-corrected chi connectivity index (χ1v) is 27.1. The van der Waals surface area contributed by atoms with Gasteiger partial charge in [-0.25, -0.2) is 9.59 Å². The summed E-state index contributed by atoms with van der Waals surface area (Å²) in [7, 11) is 3.15. The van der Waals surface area contributed by atoms with Gasteiger partial charge in [-0.15, -0.1) is 0 Å². The summed E-state index contributed by atoms with van der Waals surface area (Å²) in [4.78, 5) is 47.7. The average Bonchev–Trinajstić information content (AvgIpc) is 3.30. The highest BCUT2D eigenvalue weighted by Gasteiger charge is 2.30. The zero-order valence-corrected chi connectivity index (χ0v) is 50.5. The number of aromatic carboxylic acids is 2. The minimum absolute atomic E-state index is 0.0936. The maximum Gasteiger partial charge on any atom is 0.337 e. The number of likely N-dealkylation sites (N-methyl/N-ethyl adjacent to an activating group) is 2. The molecule has 0 aliphatic heterocycles. The third-order valence-electron chi connectivity index (χ3n) is 8.84. The highest BCUT2D eigenvalue weighted by molar-refractivity contribution is 14.1. The Morgan fingerprint density at radius 2 is 0.743 bits per heavy atom. The number of ether oxygens (including phenoxy) is 4. The number of carbonyl (C=O) groups excluding carboxylic acids is 2. The van der Waals surface area contributed by atoms with Crippen molar-refractivity contribution in [1.82, 2.24) is 10.6 Å². The monoisotopic (exact) mass is 1680 g/mol. The second-order valence-electron chi connectivity index (χ2n) is 14.2. The summed E-state index contributed by atoms with van der Waals surface area (Å²) in [5.74, 6) is -2.65. The molecule has 2 amide bonds. The highest BCUT2D eigenvalue weighted by Crippen LogP contribution is 2.33. The van der Waals surface area contributed by atoms with Gasteiger partial charge < -0.3 is 101 Å². The first-order valence-electron chi connectivity index (χ1n) is 20.6. The Morgan fingerprint density at radius 3 is 1.00 bits per heavy atom. The van der Waals surface area contributed by atoms with Crippen LogP contribution in [0.4, 0.5) is 11.4 Å². The molecule has 0 saturated heterocycles. The first-order chi connectivity index (χ1) is 32.9. The van der Waals surface area contributed by atoms with Gasteiger partial charge in [0.25, 0.3) is 0 Å². The lowest BCUT2D eigenvalue weighted by Gasteiger charge is -2.25. The van der Waals surface area contributed by atoms with E-state index in [1.165, 1.54) is 0 Å². The summed E-state index contributed by atoms with van der Waals surface area (Å²) in [6.45, 7) is 1.22. The van der Waals surface area contributed by atoms with E-state index in [2.05, 4.69) is 66.4 Å². The molecule has 24 nitrogen and oxygen atoms in total. The van der Waals surface area contributed by atoms with Gasteiger partial charge in [-0.3, -0.25) is 9.59 Å². The van der Waals surface area contributed by atoms with Gasteiger partial charge in [0.05, 0.1) is 121 Å². The van der Waals surface area contributed by atoms with Crippen molar-refractivity contribution in [2.24, 2.45) is 0 Å². The summed E-state index contributed by atoms with van der Waals surface area (Å²) in [6.07, 6.45) is -11.1. The average molecular weight is 1680 g/mol. The van der Waals surface area contributed by atoms with Gasteiger partial charge in [0, 0.05) is 27.4 Å². The van der Waals surface area contributed by atoms with Gasteiger partial charge in [0.15, 0.2) is 0 Å². The molecule has 2 aromatic rings. The van der Waals surface area contributed by atoms with Gasteiger partial charge in [0.1, 0.15) is 36.6 Å². The standard InChI is InChI=1S/C26H26I6N2O10.2C7H17NO5/c27-13-11-15(29)23(21(31)19(13)25(37)38)33-17(35)1-3-41-5-7-43-9-10-44-8-6-42-4-2-18(36)34-24-16(30)12-14(28)20(22(24)32)26(39)40;2*1-8-2-4(10)6(12)7(13)5(11)3-9/h11-12H,1-10H2,(H,33,35)(H,34,36)(H,37,38)(H,39,40);2*4-13H,2-3H2,1H3/t;2*4-,5+,6+,7+/m.11/s1. The van der Waals surface area contributed by atoms with E-state index in [9.17, 15) is 39.6 Å². The molecule has 8 atom stereocenters. The second-order valence-corrected chi connectivity index (χ2v) is 21.0. The van der Waals surface area contributed by atoms with Crippen molar-refractivity contribution in [3.63, 3.8) is 0 Å². The molecular weight excluding hydrogens is 1620 g/mol. The predicted molar refractivity (Wildman–Crippen MR) is 303 cm³/mol. The SMILES string of the molecule is CNC[C@@H](O)[C@H](O)[C@@H](O)[C@@H](O)CO.CNC[C@@H](O)[C@H](O)[C@@H](O)[C@@H](O)CO.O=C(CCOCCOCCOCCOCCC(=O)Nc1c(I)cc(I)c(C(=O)O)c1I)Nc1c(I)cc(I)c(C(=O)O)c1I. The van der Waals surface area contributed by atoms with Crippen molar-refractivity contribution in [2.75, 3.05) is 104 Å². The molecule has 16 N–H and O–H groups in total. The Kier molecular flexibility index (Phi) is 39.5. The third-order valence-corrected chi connectivity index (χ3v) is 14.4. The molecule has 0 heterocycles. The number of halogens is 6. The number of aliphatic hydroxyl groups excluding tert-OH is 10. The van der Waals surface area contributed by atoms with Crippen molar-refractivity contribution in [1.29, 1.82) is 0 Å². The molecule has 0 bridgehead atoms. The first kappa shape index (κ1) is 70.1. The van der Waals surface area contributed by atoms with Crippen molar-refractivity contribution < 1.29 is 99.4 Å².